The number of carbonyl (C=O) groups is 1. The Morgan fingerprint density at radius 2 is 2.25 bits per heavy atom. The highest BCUT2D eigenvalue weighted by Crippen LogP contribution is 2.23. The Bertz CT molecular complexity index is 439. The normalized spacial score (nSPS) is 11.8. The molecule has 0 heterocycles. The lowest BCUT2D eigenvalue weighted by Gasteiger charge is -2.11. The number of hydrogen-bond donors (Lipinski definition) is 2. The number of nitrogens with zero attached hydrogens (tertiary/aromatic N) is 1. The van der Waals surface area contributed by atoms with Gasteiger partial charge in [-0.15, -0.1) is 0 Å². The van der Waals surface area contributed by atoms with Crippen molar-refractivity contribution in [2.75, 3.05) is 0 Å². The molecule has 16 heavy (non-hydrogen) atoms. The zero-order valence-electron chi connectivity index (χ0n) is 8.35. The largest absolute Gasteiger partial charge is 0.479 e. The number of aryl methyl sites for hydroxylation is 1. The minimum atomic E-state index is -1.60. The molecule has 0 aliphatic heterocycles. The number of aliphatic hydroxyl groups excluding tert-OH is 1. The number of benzene rings is 1. The van der Waals surface area contributed by atoms with E-state index in [1.165, 1.54) is 6.07 Å². The molecular weight excluding hydrogens is 230 g/mol. The lowest BCUT2D eigenvalue weighted by Crippen LogP contribution is -2.12. The number of nitriles is 1. The van der Waals surface area contributed by atoms with Crippen LogP contribution in [-0.4, -0.2) is 16.2 Å². The second-order valence-electron chi connectivity index (χ2n) is 3.24. The zero-order valence-corrected chi connectivity index (χ0v) is 9.11. The molecule has 0 aromatic heterocycles. The van der Waals surface area contributed by atoms with Gasteiger partial charge in [-0.05, 0) is 29.7 Å². The molecule has 0 amide bonds. The van der Waals surface area contributed by atoms with E-state index < -0.39 is 12.1 Å². The molecule has 1 aromatic carbocycles. The first-order valence-electron chi connectivity index (χ1n) is 4.62. The molecule has 1 unspecified atom stereocenters. The molecule has 1 atom stereocenters. The van der Waals surface area contributed by atoms with Gasteiger partial charge in [-0.25, -0.2) is 4.79 Å². The zero-order chi connectivity index (χ0) is 12.1. The number of aliphatic hydroxyl groups is 1. The smallest absolute Gasteiger partial charge is 0.337 e. The van der Waals surface area contributed by atoms with Crippen molar-refractivity contribution >= 4 is 17.6 Å². The predicted octanol–water partition coefficient (Wildman–Crippen LogP) is 1.91. The molecule has 84 valence electrons. The van der Waals surface area contributed by atoms with Crippen molar-refractivity contribution in [3.05, 3.63) is 34.3 Å². The average Bonchev–Trinajstić information content (AvgIpc) is 2.26. The van der Waals surface area contributed by atoms with Crippen LogP contribution in [0.15, 0.2) is 18.2 Å². The Labute approximate surface area is 97.7 Å². The van der Waals surface area contributed by atoms with Crippen LogP contribution >= 0.6 is 11.6 Å². The number of rotatable bonds is 4. The molecule has 1 rings (SSSR count). The highest BCUT2D eigenvalue weighted by Gasteiger charge is 2.19. The van der Waals surface area contributed by atoms with Gasteiger partial charge in [-0.1, -0.05) is 17.7 Å². The van der Waals surface area contributed by atoms with Crippen LogP contribution in [0.1, 0.15) is 23.7 Å². The molecule has 0 bridgehead atoms. The van der Waals surface area contributed by atoms with Crippen molar-refractivity contribution in [2.24, 2.45) is 0 Å². The van der Waals surface area contributed by atoms with E-state index in [0.717, 1.165) is 0 Å². The van der Waals surface area contributed by atoms with Gasteiger partial charge in [0.15, 0.2) is 6.10 Å². The van der Waals surface area contributed by atoms with E-state index in [1.54, 1.807) is 12.1 Å². The number of hydrogen-bond acceptors (Lipinski definition) is 3. The quantitative estimate of drug-likeness (QED) is 0.841. The summed E-state index contributed by atoms with van der Waals surface area (Å²) in [6, 6.07) is 6.60. The SMILES string of the molecule is N#CCCc1ccc(Cl)cc1C(O)C(=O)O. The summed E-state index contributed by atoms with van der Waals surface area (Å²) in [6.45, 7) is 0. The number of halogens is 1. The van der Waals surface area contributed by atoms with Crippen molar-refractivity contribution in [1.82, 2.24) is 0 Å². The number of carboxylic acids is 1. The summed E-state index contributed by atoms with van der Waals surface area (Å²) in [5, 5.41) is 27.0. The molecule has 0 aliphatic carbocycles. The summed E-state index contributed by atoms with van der Waals surface area (Å²) in [5.41, 5.74) is 0.871. The van der Waals surface area contributed by atoms with Crippen LogP contribution in [0.25, 0.3) is 0 Å². The Morgan fingerprint density at radius 1 is 1.56 bits per heavy atom. The Balaban J connectivity index is 3.08. The first-order chi connectivity index (χ1) is 7.56. The molecule has 0 aliphatic rings. The van der Waals surface area contributed by atoms with Crippen molar-refractivity contribution in [2.45, 2.75) is 18.9 Å². The molecule has 4 nitrogen and oxygen atoms in total. The summed E-state index contributed by atoms with van der Waals surface area (Å²) >= 11 is 5.73. The van der Waals surface area contributed by atoms with Gasteiger partial charge in [0.25, 0.3) is 0 Å². The molecule has 0 spiro atoms. The van der Waals surface area contributed by atoms with Gasteiger partial charge < -0.3 is 10.2 Å². The number of aliphatic carboxylic acids is 1. The van der Waals surface area contributed by atoms with Crippen LogP contribution in [0, 0.1) is 11.3 Å². The summed E-state index contributed by atoms with van der Waals surface area (Å²) < 4.78 is 0. The summed E-state index contributed by atoms with van der Waals surface area (Å²) in [7, 11) is 0. The summed E-state index contributed by atoms with van der Waals surface area (Å²) in [4.78, 5) is 10.7. The van der Waals surface area contributed by atoms with E-state index in [2.05, 4.69) is 0 Å². The fraction of sp³-hybridized carbons (Fsp3) is 0.273. The number of carboxylic acid groups (broad SMARTS) is 1. The van der Waals surface area contributed by atoms with Crippen LogP contribution in [0.2, 0.25) is 5.02 Å². The minimum Gasteiger partial charge on any atom is -0.479 e. The second-order valence-corrected chi connectivity index (χ2v) is 3.68. The van der Waals surface area contributed by atoms with Gasteiger partial charge in [0.1, 0.15) is 0 Å². The topological polar surface area (TPSA) is 81.3 Å². The monoisotopic (exact) mass is 239 g/mol. The van der Waals surface area contributed by atoms with E-state index in [0.29, 0.717) is 17.0 Å². The van der Waals surface area contributed by atoms with Gasteiger partial charge in [-0.3, -0.25) is 0 Å². The van der Waals surface area contributed by atoms with E-state index in [4.69, 9.17) is 22.0 Å². The average molecular weight is 240 g/mol. The fourth-order valence-electron chi connectivity index (χ4n) is 1.37. The Kier molecular flexibility index (Phi) is 4.29. The molecule has 0 saturated carbocycles. The van der Waals surface area contributed by atoms with Gasteiger partial charge in [0.05, 0.1) is 6.07 Å². The molecule has 5 heteroatoms. The van der Waals surface area contributed by atoms with Crippen LogP contribution < -0.4 is 0 Å². The highest BCUT2D eigenvalue weighted by atomic mass is 35.5. The third kappa shape index (κ3) is 2.96. The lowest BCUT2D eigenvalue weighted by molar-refractivity contribution is -0.147. The molecule has 0 radical (unpaired) electrons. The van der Waals surface area contributed by atoms with Crippen molar-refractivity contribution in [3.63, 3.8) is 0 Å². The maximum absolute atomic E-state index is 10.7. The summed E-state index contributed by atoms with van der Waals surface area (Å²) in [5.74, 6) is -1.33. The Morgan fingerprint density at radius 3 is 2.81 bits per heavy atom. The van der Waals surface area contributed by atoms with E-state index in [9.17, 15) is 9.90 Å². The third-order valence-corrected chi connectivity index (χ3v) is 2.38. The maximum Gasteiger partial charge on any atom is 0.337 e. The molecule has 2 N–H and O–H groups in total. The van der Waals surface area contributed by atoms with Gasteiger partial charge >= 0.3 is 5.97 Å². The molecule has 1 aromatic rings. The molecular formula is C11H10ClNO3. The third-order valence-electron chi connectivity index (χ3n) is 2.14. The van der Waals surface area contributed by atoms with E-state index in [1.807, 2.05) is 6.07 Å². The van der Waals surface area contributed by atoms with Gasteiger partial charge in [0, 0.05) is 11.4 Å². The highest BCUT2D eigenvalue weighted by molar-refractivity contribution is 6.30. The van der Waals surface area contributed by atoms with Crippen LogP contribution in [0.5, 0.6) is 0 Å². The van der Waals surface area contributed by atoms with Crippen LogP contribution in [0.4, 0.5) is 0 Å². The van der Waals surface area contributed by atoms with Crippen molar-refractivity contribution in [1.29, 1.82) is 5.26 Å². The lowest BCUT2D eigenvalue weighted by atomic mass is 9.99. The minimum absolute atomic E-state index is 0.246. The van der Waals surface area contributed by atoms with Crippen LogP contribution in [0.3, 0.4) is 0 Å². The van der Waals surface area contributed by atoms with E-state index in [-0.39, 0.29) is 12.0 Å². The molecule has 0 fully saturated rings. The fourth-order valence-corrected chi connectivity index (χ4v) is 1.55. The van der Waals surface area contributed by atoms with Crippen molar-refractivity contribution in [3.8, 4) is 6.07 Å². The standard InChI is InChI=1S/C11H10ClNO3/c12-8-4-3-7(2-1-5-13)9(6-8)10(14)11(15)16/h3-4,6,10,14H,1-2H2,(H,15,16). The predicted molar refractivity (Wildman–Crippen MR) is 58.0 cm³/mol. The first-order valence-corrected chi connectivity index (χ1v) is 5.00. The van der Waals surface area contributed by atoms with E-state index >= 15 is 0 Å². The van der Waals surface area contributed by atoms with Crippen LogP contribution in [-0.2, 0) is 11.2 Å². The first kappa shape index (κ1) is 12.5. The summed E-state index contributed by atoms with van der Waals surface area (Å²) in [6.07, 6.45) is -0.943. The van der Waals surface area contributed by atoms with Gasteiger partial charge in [0.2, 0.25) is 0 Å². The Hall–Kier alpha value is -1.57. The van der Waals surface area contributed by atoms with Crippen molar-refractivity contribution < 1.29 is 15.0 Å². The molecule has 0 saturated heterocycles. The maximum atomic E-state index is 10.7. The second kappa shape index (κ2) is 5.50. The van der Waals surface area contributed by atoms with Gasteiger partial charge in [-0.2, -0.15) is 5.26 Å².